The van der Waals surface area contributed by atoms with Crippen LogP contribution in [-0.4, -0.2) is 5.11 Å². The highest BCUT2D eigenvalue weighted by Crippen LogP contribution is 2.36. The summed E-state index contributed by atoms with van der Waals surface area (Å²) in [5.41, 5.74) is 5.18. The van der Waals surface area contributed by atoms with Gasteiger partial charge in [0.1, 0.15) is 5.75 Å². The number of phenolic OH excluding ortho intramolecular Hbond substituents is 1. The van der Waals surface area contributed by atoms with Gasteiger partial charge in [-0.3, -0.25) is 0 Å². The minimum Gasteiger partial charge on any atom is -0.508 e. The molecule has 110 valence electrons. The van der Waals surface area contributed by atoms with Gasteiger partial charge in [0.15, 0.2) is 0 Å². The van der Waals surface area contributed by atoms with Crippen molar-refractivity contribution in [2.45, 2.75) is 45.1 Å². The van der Waals surface area contributed by atoms with Crippen LogP contribution >= 0.6 is 0 Å². The number of benzene rings is 2. The topological polar surface area (TPSA) is 32.3 Å². The van der Waals surface area contributed by atoms with E-state index in [0.717, 1.165) is 12.8 Å². The molecular weight excluding hydrogens is 258 g/mol. The molecule has 3 rings (SSSR count). The summed E-state index contributed by atoms with van der Waals surface area (Å²) in [6.45, 7) is 4.45. The molecule has 1 aliphatic rings. The van der Waals surface area contributed by atoms with Crippen molar-refractivity contribution in [3.63, 3.8) is 0 Å². The number of para-hydroxylation sites is 1. The Morgan fingerprint density at radius 3 is 2.76 bits per heavy atom. The number of aromatic hydroxyl groups is 1. The molecule has 0 heterocycles. The lowest BCUT2D eigenvalue weighted by molar-refractivity contribution is 0.471. The Hall–Kier alpha value is -1.96. The van der Waals surface area contributed by atoms with Crippen molar-refractivity contribution in [1.29, 1.82) is 0 Å². The molecule has 0 aliphatic heterocycles. The van der Waals surface area contributed by atoms with Crippen LogP contribution in [0.25, 0.3) is 0 Å². The van der Waals surface area contributed by atoms with Gasteiger partial charge in [-0.05, 0) is 60.1 Å². The van der Waals surface area contributed by atoms with Gasteiger partial charge < -0.3 is 10.4 Å². The van der Waals surface area contributed by atoms with Gasteiger partial charge in [0, 0.05) is 5.69 Å². The fourth-order valence-corrected chi connectivity index (χ4v) is 3.26. The average Bonchev–Trinajstić information content (AvgIpc) is 2.48. The summed E-state index contributed by atoms with van der Waals surface area (Å²) in [4.78, 5) is 0. The monoisotopic (exact) mass is 281 g/mol. The van der Waals surface area contributed by atoms with Crippen LogP contribution in [0, 0.1) is 0 Å². The van der Waals surface area contributed by atoms with Gasteiger partial charge in [-0.15, -0.1) is 0 Å². The molecule has 0 radical (unpaired) electrons. The first-order chi connectivity index (χ1) is 10.1. The Kier molecular flexibility index (Phi) is 3.87. The molecule has 0 saturated carbocycles. The van der Waals surface area contributed by atoms with Crippen LogP contribution in [0.2, 0.25) is 0 Å². The van der Waals surface area contributed by atoms with Crippen LogP contribution in [0.3, 0.4) is 0 Å². The molecule has 0 saturated heterocycles. The number of aryl methyl sites for hydroxylation is 1. The maximum atomic E-state index is 9.79. The molecule has 0 amide bonds. The summed E-state index contributed by atoms with van der Waals surface area (Å²) in [5.74, 6) is 0.862. The van der Waals surface area contributed by atoms with E-state index in [-0.39, 0.29) is 0 Å². The third-order valence-corrected chi connectivity index (χ3v) is 4.36. The standard InChI is InChI=1S/C19H23NO/c1-13(2)16-7-3-4-8-18(16)20-19-9-5-6-14-10-11-15(21)12-17(14)19/h3-4,7-8,10-13,19-21H,5-6,9H2,1-2H3. The van der Waals surface area contributed by atoms with Crippen LogP contribution in [-0.2, 0) is 6.42 Å². The van der Waals surface area contributed by atoms with E-state index in [4.69, 9.17) is 0 Å². The van der Waals surface area contributed by atoms with E-state index in [2.05, 4.69) is 49.5 Å². The SMILES string of the molecule is CC(C)c1ccccc1NC1CCCc2ccc(O)cc21. The summed E-state index contributed by atoms with van der Waals surface area (Å²) in [5, 5.41) is 13.5. The van der Waals surface area contributed by atoms with E-state index < -0.39 is 0 Å². The maximum absolute atomic E-state index is 9.79. The predicted octanol–water partition coefficient (Wildman–Crippen LogP) is 5.01. The van der Waals surface area contributed by atoms with E-state index in [9.17, 15) is 5.11 Å². The van der Waals surface area contributed by atoms with Crippen molar-refractivity contribution in [3.05, 3.63) is 59.2 Å². The summed E-state index contributed by atoms with van der Waals surface area (Å²) in [7, 11) is 0. The summed E-state index contributed by atoms with van der Waals surface area (Å²) < 4.78 is 0. The van der Waals surface area contributed by atoms with Crippen molar-refractivity contribution in [2.75, 3.05) is 5.32 Å². The molecule has 2 heteroatoms. The molecule has 1 unspecified atom stereocenters. The first kappa shape index (κ1) is 14.0. The first-order valence-corrected chi connectivity index (χ1v) is 7.82. The third-order valence-electron chi connectivity index (χ3n) is 4.36. The van der Waals surface area contributed by atoms with Crippen LogP contribution in [0.1, 0.15) is 55.3 Å². The molecule has 21 heavy (non-hydrogen) atoms. The van der Waals surface area contributed by atoms with Crippen molar-refractivity contribution in [2.24, 2.45) is 0 Å². The Morgan fingerprint density at radius 2 is 1.95 bits per heavy atom. The number of hydrogen-bond acceptors (Lipinski definition) is 2. The van der Waals surface area contributed by atoms with Crippen LogP contribution in [0.15, 0.2) is 42.5 Å². The highest BCUT2D eigenvalue weighted by molar-refractivity contribution is 5.55. The Bertz CT molecular complexity index is 633. The minimum absolute atomic E-state index is 0.292. The van der Waals surface area contributed by atoms with Crippen molar-refractivity contribution < 1.29 is 5.11 Å². The molecule has 2 nitrogen and oxygen atoms in total. The van der Waals surface area contributed by atoms with E-state index in [1.54, 1.807) is 6.07 Å². The molecule has 0 spiro atoms. The van der Waals surface area contributed by atoms with Crippen LogP contribution in [0.4, 0.5) is 5.69 Å². The minimum atomic E-state index is 0.292. The zero-order chi connectivity index (χ0) is 14.8. The number of rotatable bonds is 3. The Balaban J connectivity index is 1.92. The average molecular weight is 281 g/mol. The highest BCUT2D eigenvalue weighted by Gasteiger charge is 2.21. The largest absolute Gasteiger partial charge is 0.508 e. The van der Waals surface area contributed by atoms with Gasteiger partial charge in [-0.2, -0.15) is 0 Å². The lowest BCUT2D eigenvalue weighted by Crippen LogP contribution is -2.18. The number of phenols is 1. The van der Waals surface area contributed by atoms with E-state index in [1.165, 1.54) is 28.8 Å². The van der Waals surface area contributed by atoms with Crippen molar-refractivity contribution >= 4 is 5.69 Å². The van der Waals surface area contributed by atoms with Crippen LogP contribution in [0.5, 0.6) is 5.75 Å². The van der Waals surface area contributed by atoms with E-state index in [1.807, 2.05) is 6.07 Å². The molecule has 2 aromatic carbocycles. The second kappa shape index (κ2) is 5.80. The Labute approximate surface area is 126 Å². The van der Waals surface area contributed by atoms with Gasteiger partial charge >= 0.3 is 0 Å². The van der Waals surface area contributed by atoms with Gasteiger partial charge in [0.25, 0.3) is 0 Å². The fraction of sp³-hybridized carbons (Fsp3) is 0.368. The van der Waals surface area contributed by atoms with E-state index in [0.29, 0.717) is 17.7 Å². The van der Waals surface area contributed by atoms with Crippen LogP contribution < -0.4 is 5.32 Å². The zero-order valence-electron chi connectivity index (χ0n) is 12.8. The Morgan fingerprint density at radius 1 is 1.14 bits per heavy atom. The second-order valence-corrected chi connectivity index (χ2v) is 6.21. The first-order valence-electron chi connectivity index (χ1n) is 7.82. The molecule has 2 N–H and O–H groups in total. The second-order valence-electron chi connectivity index (χ2n) is 6.21. The van der Waals surface area contributed by atoms with Gasteiger partial charge in [-0.25, -0.2) is 0 Å². The fourth-order valence-electron chi connectivity index (χ4n) is 3.26. The summed E-state index contributed by atoms with van der Waals surface area (Å²) in [6, 6.07) is 14.6. The summed E-state index contributed by atoms with van der Waals surface area (Å²) in [6.07, 6.45) is 3.42. The summed E-state index contributed by atoms with van der Waals surface area (Å²) >= 11 is 0. The normalized spacial score (nSPS) is 17.6. The lowest BCUT2D eigenvalue weighted by atomic mass is 9.87. The highest BCUT2D eigenvalue weighted by atomic mass is 16.3. The van der Waals surface area contributed by atoms with E-state index >= 15 is 0 Å². The molecule has 2 aromatic rings. The lowest BCUT2D eigenvalue weighted by Gasteiger charge is -2.28. The molecular formula is C19H23NO. The third kappa shape index (κ3) is 2.90. The molecule has 0 fully saturated rings. The van der Waals surface area contributed by atoms with Gasteiger partial charge in [0.05, 0.1) is 6.04 Å². The molecule has 0 aromatic heterocycles. The van der Waals surface area contributed by atoms with Crippen molar-refractivity contribution in [3.8, 4) is 5.75 Å². The number of hydrogen-bond donors (Lipinski definition) is 2. The number of nitrogens with one attached hydrogen (secondary N) is 1. The molecule has 1 atom stereocenters. The quantitative estimate of drug-likeness (QED) is 0.829. The van der Waals surface area contributed by atoms with Gasteiger partial charge in [0.2, 0.25) is 0 Å². The smallest absolute Gasteiger partial charge is 0.115 e. The predicted molar refractivity (Wildman–Crippen MR) is 87.9 cm³/mol. The number of anilines is 1. The van der Waals surface area contributed by atoms with Crippen molar-refractivity contribution in [1.82, 2.24) is 0 Å². The van der Waals surface area contributed by atoms with Gasteiger partial charge in [-0.1, -0.05) is 38.1 Å². The number of fused-ring (bicyclic) bond motifs is 1. The molecule has 0 bridgehead atoms. The zero-order valence-corrected chi connectivity index (χ0v) is 12.8. The maximum Gasteiger partial charge on any atom is 0.115 e. The molecule has 1 aliphatic carbocycles.